The lowest BCUT2D eigenvalue weighted by atomic mass is 10.0. The van der Waals surface area contributed by atoms with Crippen LogP contribution >= 0.6 is 15.9 Å². The molecule has 2 N–H and O–H groups in total. The van der Waals surface area contributed by atoms with Crippen molar-refractivity contribution in [3.05, 3.63) is 70.3 Å². The third-order valence-corrected chi connectivity index (χ3v) is 6.58. The molecule has 0 aliphatic heterocycles. The Hall–Kier alpha value is -2.90. The number of pyridine rings is 1. The van der Waals surface area contributed by atoms with E-state index in [0.717, 1.165) is 50.4 Å². The van der Waals surface area contributed by atoms with Crippen molar-refractivity contribution in [3.8, 4) is 17.1 Å². The van der Waals surface area contributed by atoms with Gasteiger partial charge in [0.2, 0.25) is 0 Å². The number of halogens is 1. The third-order valence-electron chi connectivity index (χ3n) is 5.74. The van der Waals surface area contributed by atoms with Gasteiger partial charge in [0.15, 0.2) is 0 Å². The first-order valence-electron chi connectivity index (χ1n) is 11.0. The maximum absolute atomic E-state index is 5.76. The Bertz CT molecular complexity index is 1210. The molecule has 0 saturated carbocycles. The van der Waals surface area contributed by atoms with Crippen molar-refractivity contribution in [2.24, 2.45) is 0 Å². The molecule has 1 atom stereocenters. The summed E-state index contributed by atoms with van der Waals surface area (Å²) in [6, 6.07) is 16.4. The lowest BCUT2D eigenvalue weighted by Crippen LogP contribution is -2.15. The second-order valence-electron chi connectivity index (χ2n) is 8.26. The maximum atomic E-state index is 5.76. The topological polar surface area (TPSA) is 72.1 Å². The van der Waals surface area contributed by atoms with Gasteiger partial charge in [-0.2, -0.15) is 0 Å². The summed E-state index contributed by atoms with van der Waals surface area (Å²) in [5, 5.41) is 3.53. The van der Waals surface area contributed by atoms with E-state index in [0.29, 0.717) is 12.5 Å². The summed E-state index contributed by atoms with van der Waals surface area (Å²) in [5.74, 6) is 2.84. The molecule has 2 heterocycles. The Labute approximate surface area is 202 Å². The first-order valence-corrected chi connectivity index (χ1v) is 11.8. The smallest absolute Gasteiger partial charge is 0.145 e. The molecule has 172 valence electrons. The average molecular weight is 509 g/mol. The predicted octanol–water partition coefficient (Wildman–Crippen LogP) is 6.71. The van der Waals surface area contributed by atoms with Crippen LogP contribution in [0.2, 0.25) is 0 Å². The molecular formula is C26H29BrN4O2. The zero-order valence-corrected chi connectivity index (χ0v) is 20.9. The van der Waals surface area contributed by atoms with Gasteiger partial charge in [0.1, 0.15) is 28.4 Å². The third kappa shape index (κ3) is 5.04. The number of fused-ring (bicyclic) bond motifs is 1. The molecule has 0 fully saturated rings. The average Bonchev–Trinajstić information content (AvgIpc) is 3.29. The minimum absolute atomic E-state index is 0.0435. The normalized spacial score (nSPS) is 12.3. The van der Waals surface area contributed by atoms with Crippen molar-refractivity contribution in [1.29, 1.82) is 0 Å². The Kier molecular flexibility index (Phi) is 7.30. The Morgan fingerprint density at radius 2 is 1.88 bits per heavy atom. The van der Waals surface area contributed by atoms with Crippen LogP contribution in [-0.4, -0.2) is 35.8 Å². The Morgan fingerprint density at radius 3 is 2.52 bits per heavy atom. The summed E-state index contributed by atoms with van der Waals surface area (Å²) in [6.07, 6.45) is 2.54. The molecule has 2 aromatic carbocycles. The van der Waals surface area contributed by atoms with Gasteiger partial charge in [-0.25, -0.2) is 9.97 Å². The first-order chi connectivity index (χ1) is 16.0. The van der Waals surface area contributed by atoms with Crippen molar-refractivity contribution >= 4 is 32.8 Å². The largest absolute Gasteiger partial charge is 0.494 e. The number of nitrogens with zero attached hydrogens (tertiary/aromatic N) is 2. The molecule has 0 saturated heterocycles. The molecule has 0 amide bonds. The lowest BCUT2D eigenvalue weighted by Gasteiger charge is -2.22. The van der Waals surface area contributed by atoms with Crippen LogP contribution in [0.5, 0.6) is 5.75 Å². The SMILES string of the molecule is COCCC(Nc1ccccn1)c1cc(OC)c2[nH]c(-c3ccc(C(C)C)cc3)nc2c1Br. The molecule has 7 heteroatoms. The number of ether oxygens (including phenoxy) is 2. The number of hydrogen-bond acceptors (Lipinski definition) is 5. The number of aromatic nitrogens is 3. The highest BCUT2D eigenvalue weighted by molar-refractivity contribution is 9.10. The molecule has 0 aliphatic rings. The number of rotatable bonds is 9. The molecule has 0 spiro atoms. The van der Waals surface area contributed by atoms with Crippen molar-refractivity contribution < 1.29 is 9.47 Å². The van der Waals surface area contributed by atoms with Gasteiger partial charge in [-0.3, -0.25) is 0 Å². The van der Waals surface area contributed by atoms with Gasteiger partial charge in [-0.15, -0.1) is 0 Å². The van der Waals surface area contributed by atoms with Crippen LogP contribution in [0.1, 0.15) is 43.4 Å². The van der Waals surface area contributed by atoms with Gasteiger partial charge in [-0.05, 0) is 57.6 Å². The summed E-state index contributed by atoms with van der Waals surface area (Å²) < 4.78 is 12.1. The molecule has 6 nitrogen and oxygen atoms in total. The summed E-state index contributed by atoms with van der Waals surface area (Å²) in [4.78, 5) is 12.8. The number of H-pyrrole nitrogens is 1. The minimum Gasteiger partial charge on any atom is -0.494 e. The number of imidazole rings is 1. The second kappa shape index (κ2) is 10.4. The van der Waals surface area contributed by atoms with Crippen LogP contribution < -0.4 is 10.1 Å². The van der Waals surface area contributed by atoms with E-state index in [1.165, 1.54) is 5.56 Å². The highest BCUT2D eigenvalue weighted by Crippen LogP contribution is 2.39. The van der Waals surface area contributed by atoms with Gasteiger partial charge in [0.05, 0.1) is 17.6 Å². The van der Waals surface area contributed by atoms with E-state index in [9.17, 15) is 0 Å². The lowest BCUT2D eigenvalue weighted by molar-refractivity contribution is 0.190. The fourth-order valence-electron chi connectivity index (χ4n) is 3.87. The van der Waals surface area contributed by atoms with Crippen LogP contribution in [0.3, 0.4) is 0 Å². The van der Waals surface area contributed by atoms with E-state index in [1.54, 1.807) is 20.4 Å². The van der Waals surface area contributed by atoms with Crippen LogP contribution in [-0.2, 0) is 4.74 Å². The monoisotopic (exact) mass is 508 g/mol. The zero-order valence-electron chi connectivity index (χ0n) is 19.4. The van der Waals surface area contributed by atoms with E-state index >= 15 is 0 Å². The summed E-state index contributed by atoms with van der Waals surface area (Å²) in [7, 11) is 3.39. The first kappa shape index (κ1) is 23.3. The standard InChI is InChI=1S/C26H29BrN4O2/c1-16(2)17-8-10-18(11-9-17)26-30-24-21(33-4)15-19(23(27)25(24)31-26)20(12-14-32-3)29-22-7-5-6-13-28-22/h5-11,13,15-16,20H,12,14H2,1-4H3,(H,28,29)(H,30,31). The quantitative estimate of drug-likeness (QED) is 0.263. The maximum Gasteiger partial charge on any atom is 0.145 e. The molecule has 2 aromatic heterocycles. The molecule has 4 rings (SSSR count). The molecule has 0 aliphatic carbocycles. The van der Waals surface area contributed by atoms with Crippen LogP contribution in [0.4, 0.5) is 5.82 Å². The van der Waals surface area contributed by atoms with Crippen LogP contribution in [0.25, 0.3) is 22.4 Å². The number of benzene rings is 2. The Balaban J connectivity index is 1.77. The van der Waals surface area contributed by atoms with Gasteiger partial charge in [0, 0.05) is 25.5 Å². The van der Waals surface area contributed by atoms with E-state index in [-0.39, 0.29) is 6.04 Å². The van der Waals surface area contributed by atoms with E-state index in [2.05, 4.69) is 69.3 Å². The van der Waals surface area contributed by atoms with E-state index in [4.69, 9.17) is 14.5 Å². The van der Waals surface area contributed by atoms with Crippen molar-refractivity contribution in [2.45, 2.75) is 32.2 Å². The molecule has 1 unspecified atom stereocenters. The number of nitrogens with one attached hydrogen (secondary N) is 2. The molecule has 4 aromatic rings. The zero-order chi connectivity index (χ0) is 23.4. The van der Waals surface area contributed by atoms with Crippen molar-refractivity contribution in [1.82, 2.24) is 15.0 Å². The van der Waals surface area contributed by atoms with Crippen molar-refractivity contribution in [2.75, 3.05) is 26.1 Å². The summed E-state index contributed by atoms with van der Waals surface area (Å²) >= 11 is 3.83. The van der Waals surface area contributed by atoms with Crippen LogP contribution in [0, 0.1) is 0 Å². The van der Waals surface area contributed by atoms with Gasteiger partial charge in [-0.1, -0.05) is 44.2 Å². The fourth-order valence-corrected chi connectivity index (χ4v) is 4.55. The Morgan fingerprint density at radius 1 is 1.09 bits per heavy atom. The summed E-state index contributed by atoms with van der Waals surface area (Å²) in [6.45, 7) is 4.99. The van der Waals surface area contributed by atoms with Crippen molar-refractivity contribution in [3.63, 3.8) is 0 Å². The minimum atomic E-state index is -0.0435. The number of anilines is 1. The van der Waals surface area contributed by atoms with Gasteiger partial charge >= 0.3 is 0 Å². The highest BCUT2D eigenvalue weighted by atomic mass is 79.9. The molecule has 33 heavy (non-hydrogen) atoms. The number of hydrogen-bond donors (Lipinski definition) is 2. The predicted molar refractivity (Wildman–Crippen MR) is 137 cm³/mol. The highest BCUT2D eigenvalue weighted by Gasteiger charge is 2.22. The fraction of sp³-hybridized carbons (Fsp3) is 0.308. The second-order valence-corrected chi connectivity index (χ2v) is 9.05. The molecular weight excluding hydrogens is 480 g/mol. The van der Waals surface area contributed by atoms with E-state index < -0.39 is 0 Å². The molecule has 0 bridgehead atoms. The summed E-state index contributed by atoms with van der Waals surface area (Å²) in [5.41, 5.74) is 5.07. The molecule has 0 radical (unpaired) electrons. The van der Waals surface area contributed by atoms with Gasteiger partial charge in [0.25, 0.3) is 0 Å². The van der Waals surface area contributed by atoms with Crippen LogP contribution in [0.15, 0.2) is 59.2 Å². The number of methoxy groups -OCH3 is 2. The van der Waals surface area contributed by atoms with E-state index in [1.807, 2.05) is 24.3 Å². The number of aromatic amines is 1. The van der Waals surface area contributed by atoms with Gasteiger partial charge < -0.3 is 19.8 Å².